The van der Waals surface area contributed by atoms with Crippen LogP contribution in [-0.4, -0.2) is 54.3 Å². The van der Waals surface area contributed by atoms with Crippen LogP contribution in [0.25, 0.3) is 0 Å². The van der Waals surface area contributed by atoms with Crippen molar-refractivity contribution in [2.75, 3.05) is 18.6 Å². The number of sulfone groups is 1. The molecule has 2 aliphatic heterocycles. The predicted octanol–water partition coefficient (Wildman–Crippen LogP) is 2.87. The molecule has 0 radical (unpaired) electrons. The Labute approximate surface area is 170 Å². The number of rotatable bonds is 4. The number of aliphatic imine (C=N–C) groups is 1. The fourth-order valence-corrected chi connectivity index (χ4v) is 8.28. The van der Waals surface area contributed by atoms with E-state index in [-0.39, 0.29) is 34.6 Å². The number of amidine groups is 1. The molecule has 2 atom stereocenters. The fraction of sp³-hybridized carbons (Fsp3) is 0.600. The molecule has 3 fully saturated rings. The van der Waals surface area contributed by atoms with Gasteiger partial charge in [0.15, 0.2) is 15.0 Å². The highest BCUT2D eigenvalue weighted by molar-refractivity contribution is 8.15. The van der Waals surface area contributed by atoms with Crippen LogP contribution in [0.1, 0.15) is 37.7 Å². The first-order valence-corrected chi connectivity index (χ1v) is 12.5. The van der Waals surface area contributed by atoms with Gasteiger partial charge in [-0.15, -0.1) is 0 Å². The zero-order valence-corrected chi connectivity index (χ0v) is 17.7. The van der Waals surface area contributed by atoms with Crippen molar-refractivity contribution in [3.63, 3.8) is 0 Å². The number of benzene rings is 1. The first-order valence-electron chi connectivity index (χ1n) is 9.84. The molecule has 2 heterocycles. The van der Waals surface area contributed by atoms with Crippen LogP contribution in [0.5, 0.6) is 5.75 Å². The lowest BCUT2D eigenvalue weighted by Crippen LogP contribution is -2.37. The van der Waals surface area contributed by atoms with Gasteiger partial charge in [-0.05, 0) is 30.5 Å². The number of amides is 1. The molecule has 4 rings (SSSR count). The van der Waals surface area contributed by atoms with Gasteiger partial charge in [-0.25, -0.2) is 8.42 Å². The Hall–Kier alpha value is -1.54. The van der Waals surface area contributed by atoms with E-state index in [1.807, 2.05) is 29.2 Å². The molecule has 1 aromatic carbocycles. The van der Waals surface area contributed by atoms with E-state index < -0.39 is 9.84 Å². The van der Waals surface area contributed by atoms with Crippen molar-refractivity contribution in [1.29, 1.82) is 0 Å². The van der Waals surface area contributed by atoms with Crippen LogP contribution in [0.2, 0.25) is 0 Å². The smallest absolute Gasteiger partial charge is 0.251 e. The first-order chi connectivity index (χ1) is 13.4. The molecule has 2 saturated heterocycles. The van der Waals surface area contributed by atoms with Crippen LogP contribution in [-0.2, 0) is 21.2 Å². The van der Waals surface area contributed by atoms with Gasteiger partial charge in [0.05, 0.1) is 24.7 Å². The van der Waals surface area contributed by atoms with Gasteiger partial charge in [0.2, 0.25) is 0 Å². The Bertz CT molecular complexity index is 878. The van der Waals surface area contributed by atoms with Crippen LogP contribution in [0.4, 0.5) is 0 Å². The molecule has 1 aliphatic carbocycles. The quantitative estimate of drug-likeness (QED) is 0.743. The fourth-order valence-electron chi connectivity index (χ4n) is 4.32. The predicted molar refractivity (Wildman–Crippen MR) is 111 cm³/mol. The number of hydrogen-bond acceptors (Lipinski definition) is 5. The second-order valence-corrected chi connectivity index (χ2v) is 11.2. The molecular formula is C20H26N2O4S2. The zero-order chi connectivity index (χ0) is 19.7. The SMILES string of the molecule is COc1cccc(CN2C(=NC(=O)C3CCCCC3)S[C@@H]3CS(=O)(=O)C[C@@H]32)c1. The second-order valence-electron chi connectivity index (χ2n) is 7.85. The highest BCUT2D eigenvalue weighted by atomic mass is 32.2. The third kappa shape index (κ3) is 4.22. The van der Waals surface area contributed by atoms with E-state index in [0.717, 1.165) is 37.0 Å². The number of thioether (sulfide) groups is 1. The third-order valence-corrected chi connectivity index (χ3v) is 9.07. The molecule has 3 aliphatic rings. The number of carbonyl (C=O) groups is 1. The Morgan fingerprint density at radius 1 is 1.25 bits per heavy atom. The lowest BCUT2D eigenvalue weighted by Gasteiger charge is -2.25. The Kier molecular flexibility index (Phi) is 5.69. The van der Waals surface area contributed by atoms with Gasteiger partial charge in [0.1, 0.15) is 5.75 Å². The average Bonchev–Trinajstić information content (AvgIpc) is 3.15. The summed E-state index contributed by atoms with van der Waals surface area (Å²) in [6, 6.07) is 7.61. The zero-order valence-electron chi connectivity index (χ0n) is 16.0. The molecule has 1 aromatic rings. The molecule has 1 saturated carbocycles. The Morgan fingerprint density at radius 2 is 2.04 bits per heavy atom. The van der Waals surface area contributed by atoms with Gasteiger partial charge in [-0.2, -0.15) is 4.99 Å². The molecule has 8 heteroatoms. The number of methoxy groups -OCH3 is 1. The van der Waals surface area contributed by atoms with Crippen LogP contribution in [0, 0.1) is 5.92 Å². The van der Waals surface area contributed by atoms with Gasteiger partial charge >= 0.3 is 0 Å². The van der Waals surface area contributed by atoms with Crippen molar-refractivity contribution < 1.29 is 17.9 Å². The van der Waals surface area contributed by atoms with Gasteiger partial charge in [0, 0.05) is 17.7 Å². The van der Waals surface area contributed by atoms with Crippen molar-refractivity contribution in [2.24, 2.45) is 10.9 Å². The van der Waals surface area contributed by atoms with Gasteiger partial charge < -0.3 is 9.64 Å². The van der Waals surface area contributed by atoms with E-state index in [1.165, 1.54) is 18.2 Å². The van der Waals surface area contributed by atoms with Crippen LogP contribution in [0.3, 0.4) is 0 Å². The maximum Gasteiger partial charge on any atom is 0.251 e. The monoisotopic (exact) mass is 422 g/mol. The van der Waals surface area contributed by atoms with Crippen molar-refractivity contribution in [1.82, 2.24) is 4.90 Å². The first kappa shape index (κ1) is 19.8. The molecular weight excluding hydrogens is 396 g/mol. The molecule has 1 amide bonds. The van der Waals surface area contributed by atoms with E-state index in [2.05, 4.69) is 4.99 Å². The average molecular weight is 423 g/mol. The van der Waals surface area contributed by atoms with Crippen LogP contribution < -0.4 is 4.74 Å². The van der Waals surface area contributed by atoms with Crippen molar-refractivity contribution >= 4 is 32.7 Å². The molecule has 0 N–H and O–H groups in total. The maximum atomic E-state index is 12.7. The lowest BCUT2D eigenvalue weighted by atomic mass is 9.89. The van der Waals surface area contributed by atoms with E-state index in [1.54, 1.807) is 7.11 Å². The van der Waals surface area contributed by atoms with Gasteiger partial charge in [-0.1, -0.05) is 43.2 Å². The highest BCUT2D eigenvalue weighted by Crippen LogP contribution is 2.39. The summed E-state index contributed by atoms with van der Waals surface area (Å²) >= 11 is 1.46. The van der Waals surface area contributed by atoms with E-state index >= 15 is 0 Å². The maximum absolute atomic E-state index is 12.7. The highest BCUT2D eigenvalue weighted by Gasteiger charge is 2.48. The normalized spacial score (nSPS) is 28.5. The van der Waals surface area contributed by atoms with Crippen molar-refractivity contribution in [3.8, 4) is 5.75 Å². The molecule has 28 heavy (non-hydrogen) atoms. The molecule has 0 bridgehead atoms. The molecule has 0 unspecified atom stereocenters. The van der Waals surface area contributed by atoms with Crippen molar-refractivity contribution in [3.05, 3.63) is 29.8 Å². The standard InChI is InChI=1S/C20H26N2O4S2/c1-26-16-9-5-6-14(10-16)11-22-17-12-28(24,25)13-18(17)27-20(22)21-19(23)15-7-3-2-4-8-15/h5-6,9-10,15,17-18H,2-4,7-8,11-13H2,1H3/t17-,18+/m0/s1. The summed E-state index contributed by atoms with van der Waals surface area (Å²) in [5.74, 6) is 1.03. The van der Waals surface area contributed by atoms with Crippen molar-refractivity contribution in [2.45, 2.75) is 49.9 Å². The number of ether oxygens (including phenoxy) is 1. The number of fused-ring (bicyclic) bond motifs is 1. The third-order valence-electron chi connectivity index (χ3n) is 5.82. The van der Waals surface area contributed by atoms with Gasteiger partial charge in [0.25, 0.3) is 5.91 Å². The summed E-state index contributed by atoms with van der Waals surface area (Å²) in [4.78, 5) is 19.2. The largest absolute Gasteiger partial charge is 0.497 e. The summed E-state index contributed by atoms with van der Waals surface area (Å²) in [6.07, 6.45) is 5.20. The number of nitrogens with zero attached hydrogens (tertiary/aromatic N) is 2. The summed E-state index contributed by atoms with van der Waals surface area (Å²) in [7, 11) is -1.42. The molecule has 0 spiro atoms. The van der Waals surface area contributed by atoms with E-state index in [9.17, 15) is 13.2 Å². The van der Waals surface area contributed by atoms with Crippen LogP contribution >= 0.6 is 11.8 Å². The minimum absolute atomic E-state index is 0.0182. The second kappa shape index (κ2) is 8.06. The molecule has 6 nitrogen and oxygen atoms in total. The summed E-state index contributed by atoms with van der Waals surface area (Å²) in [5, 5.41) is 0.636. The molecule has 152 valence electrons. The summed E-state index contributed by atoms with van der Waals surface area (Å²) < 4.78 is 29.6. The number of carbonyl (C=O) groups excluding carboxylic acids is 1. The summed E-state index contributed by atoms with van der Waals surface area (Å²) in [6.45, 7) is 0.525. The van der Waals surface area contributed by atoms with E-state index in [4.69, 9.17) is 4.74 Å². The Morgan fingerprint density at radius 3 is 2.79 bits per heavy atom. The topological polar surface area (TPSA) is 76.0 Å². The Balaban J connectivity index is 1.59. The summed E-state index contributed by atoms with van der Waals surface area (Å²) in [5.41, 5.74) is 1.02. The van der Waals surface area contributed by atoms with Crippen LogP contribution in [0.15, 0.2) is 29.3 Å². The van der Waals surface area contributed by atoms with Gasteiger partial charge in [-0.3, -0.25) is 4.79 Å². The van der Waals surface area contributed by atoms with E-state index in [0.29, 0.717) is 11.7 Å². The lowest BCUT2D eigenvalue weighted by molar-refractivity contribution is -0.122. The minimum atomic E-state index is -3.04. The molecule has 0 aromatic heterocycles. The number of hydrogen-bond donors (Lipinski definition) is 0. The minimum Gasteiger partial charge on any atom is -0.497 e.